The Hall–Kier alpha value is -1.30. The zero-order valence-corrected chi connectivity index (χ0v) is 7.86. The summed E-state index contributed by atoms with van der Waals surface area (Å²) in [5.41, 5.74) is 0. The van der Waals surface area contributed by atoms with Crippen molar-refractivity contribution in [1.82, 2.24) is 0 Å². The first-order valence-corrected chi connectivity index (χ1v) is 4.43. The van der Waals surface area contributed by atoms with Gasteiger partial charge in [-0.2, -0.15) is 0 Å². The SMILES string of the molecule is CC(=O)Oc1cccc2ccccc12.[AlH3]. The fraction of sp³-hybridized carbons (Fsp3) is 0.0833. The van der Waals surface area contributed by atoms with E-state index in [1.54, 1.807) is 6.07 Å². The van der Waals surface area contributed by atoms with Crippen LogP contribution in [0.1, 0.15) is 6.92 Å². The van der Waals surface area contributed by atoms with Crippen LogP contribution in [0.2, 0.25) is 0 Å². The molecule has 76 valence electrons. The summed E-state index contributed by atoms with van der Waals surface area (Å²) in [6, 6.07) is 13.5. The third-order valence-corrected chi connectivity index (χ3v) is 2.00. The second-order valence-electron chi connectivity index (χ2n) is 3.07. The molecule has 2 nitrogen and oxygen atoms in total. The molecule has 0 atom stereocenters. The second-order valence-corrected chi connectivity index (χ2v) is 3.07. The highest BCUT2D eigenvalue weighted by atomic mass is 27.0. The molecule has 2 rings (SSSR count). The van der Waals surface area contributed by atoms with E-state index < -0.39 is 0 Å². The van der Waals surface area contributed by atoms with Gasteiger partial charge in [0.15, 0.2) is 17.4 Å². The molecule has 0 aliphatic rings. The summed E-state index contributed by atoms with van der Waals surface area (Å²) in [6.45, 7) is 1.40. The quantitative estimate of drug-likeness (QED) is 0.411. The Balaban J connectivity index is 0.00000112. The molecule has 0 spiro atoms. The Labute approximate surface area is 99.0 Å². The first-order chi connectivity index (χ1) is 6.77. The van der Waals surface area contributed by atoms with Gasteiger partial charge in [-0.05, 0) is 11.5 Å². The second kappa shape index (κ2) is 4.97. The lowest BCUT2D eigenvalue weighted by Crippen LogP contribution is -2.01. The Bertz CT molecular complexity index is 475. The molecule has 2 aromatic rings. The molecule has 0 aliphatic heterocycles. The standard InChI is InChI=1S/C12H10O2.Al.3H/c1-9(13)14-12-8-4-6-10-5-2-3-7-11(10)12;;;;/h2-8H,1H3;;;;. The first kappa shape index (κ1) is 11.8. The highest BCUT2D eigenvalue weighted by molar-refractivity contribution is 5.90. The lowest BCUT2D eigenvalue weighted by atomic mass is 10.1. The summed E-state index contributed by atoms with van der Waals surface area (Å²) in [4.78, 5) is 10.8. The molecular weight excluding hydrogens is 203 g/mol. The normalized spacial score (nSPS) is 9.40. The maximum absolute atomic E-state index is 10.8. The number of esters is 1. The van der Waals surface area contributed by atoms with Gasteiger partial charge in [0.05, 0.1) is 0 Å². The van der Waals surface area contributed by atoms with E-state index in [1.165, 1.54) is 6.92 Å². The minimum Gasteiger partial charge on any atom is -0.426 e. The van der Waals surface area contributed by atoms with Crippen LogP contribution in [0.5, 0.6) is 5.75 Å². The van der Waals surface area contributed by atoms with E-state index in [0.29, 0.717) is 5.75 Å². The molecule has 0 amide bonds. The van der Waals surface area contributed by atoms with E-state index in [-0.39, 0.29) is 23.3 Å². The summed E-state index contributed by atoms with van der Waals surface area (Å²) in [5, 5.41) is 2.04. The Kier molecular flexibility index (Phi) is 3.90. The average Bonchev–Trinajstić information content (AvgIpc) is 2.18. The zero-order chi connectivity index (χ0) is 9.97. The summed E-state index contributed by atoms with van der Waals surface area (Å²) >= 11 is 0. The van der Waals surface area contributed by atoms with E-state index in [0.717, 1.165) is 10.8 Å². The first-order valence-electron chi connectivity index (χ1n) is 4.43. The summed E-state index contributed by atoms with van der Waals surface area (Å²) < 4.78 is 5.09. The fourth-order valence-electron chi connectivity index (χ4n) is 1.44. The highest BCUT2D eigenvalue weighted by Gasteiger charge is 2.02. The van der Waals surface area contributed by atoms with E-state index >= 15 is 0 Å². The molecule has 0 radical (unpaired) electrons. The Morgan fingerprint density at radius 3 is 2.47 bits per heavy atom. The smallest absolute Gasteiger partial charge is 0.308 e. The van der Waals surface area contributed by atoms with Crippen LogP contribution in [-0.4, -0.2) is 23.3 Å². The number of rotatable bonds is 1. The topological polar surface area (TPSA) is 26.3 Å². The maximum atomic E-state index is 10.8. The van der Waals surface area contributed by atoms with Crippen LogP contribution < -0.4 is 4.74 Å². The molecule has 0 aromatic heterocycles. The third-order valence-electron chi connectivity index (χ3n) is 2.00. The molecule has 0 aliphatic carbocycles. The summed E-state index contributed by atoms with van der Waals surface area (Å²) in [7, 11) is 0. The van der Waals surface area contributed by atoms with Gasteiger partial charge >= 0.3 is 5.97 Å². The molecule has 0 N–H and O–H groups in total. The average molecular weight is 216 g/mol. The largest absolute Gasteiger partial charge is 0.426 e. The monoisotopic (exact) mass is 216 g/mol. The lowest BCUT2D eigenvalue weighted by Gasteiger charge is -2.04. The predicted molar refractivity (Wildman–Crippen MR) is 65.2 cm³/mol. The van der Waals surface area contributed by atoms with Crippen molar-refractivity contribution in [2.75, 3.05) is 0 Å². The predicted octanol–water partition coefficient (Wildman–Crippen LogP) is 1.58. The van der Waals surface area contributed by atoms with Crippen LogP contribution in [0.25, 0.3) is 10.8 Å². The van der Waals surface area contributed by atoms with Crippen molar-refractivity contribution in [3.8, 4) is 5.75 Å². The molecule has 15 heavy (non-hydrogen) atoms. The van der Waals surface area contributed by atoms with Crippen molar-refractivity contribution >= 4 is 34.1 Å². The molecule has 0 unspecified atom stereocenters. The number of hydrogen-bond donors (Lipinski definition) is 0. The van der Waals surface area contributed by atoms with E-state index in [9.17, 15) is 4.79 Å². The van der Waals surface area contributed by atoms with E-state index in [4.69, 9.17) is 4.74 Å². The van der Waals surface area contributed by atoms with Crippen molar-refractivity contribution in [2.45, 2.75) is 6.92 Å². The van der Waals surface area contributed by atoms with Crippen LogP contribution in [0.15, 0.2) is 42.5 Å². The van der Waals surface area contributed by atoms with Crippen molar-refractivity contribution in [1.29, 1.82) is 0 Å². The van der Waals surface area contributed by atoms with Gasteiger partial charge < -0.3 is 4.74 Å². The van der Waals surface area contributed by atoms with Crippen LogP contribution in [0.3, 0.4) is 0 Å². The van der Waals surface area contributed by atoms with Gasteiger partial charge in [0.1, 0.15) is 5.75 Å². The van der Waals surface area contributed by atoms with Crippen molar-refractivity contribution < 1.29 is 9.53 Å². The summed E-state index contributed by atoms with van der Waals surface area (Å²) in [6.07, 6.45) is 0. The van der Waals surface area contributed by atoms with Gasteiger partial charge in [-0.1, -0.05) is 36.4 Å². The zero-order valence-electron chi connectivity index (χ0n) is 7.86. The van der Waals surface area contributed by atoms with Crippen molar-refractivity contribution in [2.24, 2.45) is 0 Å². The van der Waals surface area contributed by atoms with Gasteiger partial charge in [0.2, 0.25) is 0 Å². The Morgan fingerprint density at radius 1 is 1.07 bits per heavy atom. The number of ether oxygens (including phenoxy) is 1. The fourth-order valence-corrected chi connectivity index (χ4v) is 1.44. The number of hydrogen-bond acceptors (Lipinski definition) is 2. The molecule has 3 heteroatoms. The van der Waals surface area contributed by atoms with Gasteiger partial charge in [-0.3, -0.25) is 4.79 Å². The molecule has 0 heterocycles. The van der Waals surface area contributed by atoms with Crippen molar-refractivity contribution in [3.05, 3.63) is 42.5 Å². The minimum atomic E-state index is -0.290. The number of carbonyl (C=O) groups is 1. The van der Waals surface area contributed by atoms with Crippen LogP contribution >= 0.6 is 0 Å². The molecule has 0 fully saturated rings. The van der Waals surface area contributed by atoms with Crippen LogP contribution in [0, 0.1) is 0 Å². The number of carbonyl (C=O) groups excluding carboxylic acids is 1. The minimum absolute atomic E-state index is 0. The lowest BCUT2D eigenvalue weighted by molar-refractivity contribution is -0.131. The maximum Gasteiger partial charge on any atom is 0.308 e. The highest BCUT2D eigenvalue weighted by Crippen LogP contribution is 2.24. The van der Waals surface area contributed by atoms with Gasteiger partial charge in [0.25, 0.3) is 0 Å². The molecule has 0 saturated carbocycles. The molecule has 0 saturated heterocycles. The molecule has 2 aromatic carbocycles. The van der Waals surface area contributed by atoms with Gasteiger partial charge in [-0.25, -0.2) is 0 Å². The van der Waals surface area contributed by atoms with Gasteiger partial charge in [-0.15, -0.1) is 0 Å². The van der Waals surface area contributed by atoms with Crippen molar-refractivity contribution in [3.63, 3.8) is 0 Å². The van der Waals surface area contributed by atoms with Crippen LogP contribution in [0.4, 0.5) is 0 Å². The third kappa shape index (κ3) is 2.59. The van der Waals surface area contributed by atoms with E-state index in [2.05, 4.69) is 0 Å². The Morgan fingerprint density at radius 2 is 1.73 bits per heavy atom. The van der Waals surface area contributed by atoms with E-state index in [1.807, 2.05) is 36.4 Å². The molecular formula is C12H13AlO2. The summed E-state index contributed by atoms with van der Waals surface area (Å²) in [5.74, 6) is 0.331. The van der Waals surface area contributed by atoms with Crippen LogP contribution in [-0.2, 0) is 4.79 Å². The number of fused-ring (bicyclic) bond motifs is 1. The van der Waals surface area contributed by atoms with Gasteiger partial charge in [0, 0.05) is 12.3 Å². The molecule has 0 bridgehead atoms. The number of benzene rings is 2.